The molecule has 2 N–H and O–H groups in total. The number of benzene rings is 1. The second kappa shape index (κ2) is 7.45. The second-order valence-electron chi connectivity index (χ2n) is 5.03. The zero-order valence-electron chi connectivity index (χ0n) is 11.2. The minimum atomic E-state index is 0. The maximum absolute atomic E-state index is 12.3. The van der Waals surface area contributed by atoms with Crippen molar-refractivity contribution in [3.63, 3.8) is 0 Å². The minimum absolute atomic E-state index is 0. The first-order valence-corrected chi connectivity index (χ1v) is 7.43. The monoisotopic (exact) mass is 394 g/mol. The smallest absolute Gasteiger partial charge is 0.252 e. The van der Waals surface area contributed by atoms with Crippen LogP contribution < -0.4 is 10.6 Å². The number of halogens is 2. The molecular formula is C14H20ClIN2O. The molecule has 19 heavy (non-hydrogen) atoms. The fourth-order valence-corrected chi connectivity index (χ4v) is 2.87. The molecule has 0 radical (unpaired) electrons. The largest absolute Gasteiger partial charge is 0.349 e. The van der Waals surface area contributed by atoms with Crippen molar-refractivity contribution in [2.24, 2.45) is 5.92 Å². The molecule has 3 nitrogen and oxygen atoms in total. The number of piperidine rings is 1. The summed E-state index contributed by atoms with van der Waals surface area (Å²) in [4.78, 5) is 12.3. The van der Waals surface area contributed by atoms with Gasteiger partial charge in [0.25, 0.3) is 5.91 Å². The standard InChI is InChI=1S/C14H19IN2O.ClH/c1-9-3-4-12(15)11(7-9)14(18)17-13-5-6-16-8-10(13)2;/h3-4,7,10,13,16H,5-6,8H2,1-2H3,(H,17,18);1H. The highest BCUT2D eigenvalue weighted by atomic mass is 127. The van der Waals surface area contributed by atoms with Crippen LogP contribution in [0.2, 0.25) is 0 Å². The summed E-state index contributed by atoms with van der Waals surface area (Å²) < 4.78 is 1.01. The molecule has 1 saturated heterocycles. The molecule has 106 valence electrons. The molecule has 1 heterocycles. The lowest BCUT2D eigenvalue weighted by Gasteiger charge is -2.30. The average Bonchev–Trinajstić information content (AvgIpc) is 2.35. The molecule has 1 aromatic rings. The van der Waals surface area contributed by atoms with Crippen LogP contribution in [0.15, 0.2) is 18.2 Å². The van der Waals surface area contributed by atoms with Crippen LogP contribution in [0.25, 0.3) is 0 Å². The Morgan fingerprint density at radius 2 is 2.21 bits per heavy atom. The van der Waals surface area contributed by atoms with E-state index in [0.717, 1.165) is 34.2 Å². The van der Waals surface area contributed by atoms with E-state index < -0.39 is 0 Å². The second-order valence-corrected chi connectivity index (χ2v) is 6.20. The van der Waals surface area contributed by atoms with Crippen molar-refractivity contribution in [1.82, 2.24) is 10.6 Å². The SMILES string of the molecule is Cc1ccc(I)c(C(=O)NC2CCNCC2C)c1.Cl. The van der Waals surface area contributed by atoms with Crippen LogP contribution in [0.4, 0.5) is 0 Å². The minimum Gasteiger partial charge on any atom is -0.349 e. The molecule has 2 rings (SSSR count). The molecule has 1 fully saturated rings. The van der Waals surface area contributed by atoms with E-state index in [1.54, 1.807) is 0 Å². The van der Waals surface area contributed by atoms with Gasteiger partial charge in [0.2, 0.25) is 0 Å². The van der Waals surface area contributed by atoms with E-state index in [4.69, 9.17) is 0 Å². The Balaban J connectivity index is 0.00000180. The van der Waals surface area contributed by atoms with Gasteiger partial charge in [0, 0.05) is 9.61 Å². The molecule has 1 aromatic carbocycles. The van der Waals surface area contributed by atoms with Crippen molar-refractivity contribution >= 4 is 40.9 Å². The Labute approximate surface area is 134 Å². The summed E-state index contributed by atoms with van der Waals surface area (Å²) in [6, 6.07) is 6.28. The zero-order valence-corrected chi connectivity index (χ0v) is 14.2. The van der Waals surface area contributed by atoms with E-state index >= 15 is 0 Å². The van der Waals surface area contributed by atoms with E-state index in [1.807, 2.05) is 25.1 Å². The molecule has 0 spiro atoms. The highest BCUT2D eigenvalue weighted by Gasteiger charge is 2.23. The predicted molar refractivity (Wildman–Crippen MR) is 89.0 cm³/mol. The fraction of sp³-hybridized carbons (Fsp3) is 0.500. The van der Waals surface area contributed by atoms with E-state index in [0.29, 0.717) is 5.92 Å². The molecule has 0 aromatic heterocycles. The number of hydrogen-bond acceptors (Lipinski definition) is 2. The summed E-state index contributed by atoms with van der Waals surface area (Å²) in [5.74, 6) is 0.548. The molecule has 1 aliphatic rings. The van der Waals surface area contributed by atoms with Crippen molar-refractivity contribution in [2.75, 3.05) is 13.1 Å². The van der Waals surface area contributed by atoms with Gasteiger partial charge in [0.05, 0.1) is 5.56 Å². The summed E-state index contributed by atoms with van der Waals surface area (Å²) in [5.41, 5.74) is 1.92. The summed E-state index contributed by atoms with van der Waals surface area (Å²) >= 11 is 2.22. The summed E-state index contributed by atoms with van der Waals surface area (Å²) in [5, 5.41) is 6.51. The topological polar surface area (TPSA) is 41.1 Å². The molecule has 0 saturated carbocycles. The number of aryl methyl sites for hydroxylation is 1. The van der Waals surface area contributed by atoms with Gasteiger partial charge in [0.1, 0.15) is 0 Å². The third-order valence-electron chi connectivity index (χ3n) is 3.47. The molecule has 1 aliphatic heterocycles. The number of hydrogen-bond donors (Lipinski definition) is 2. The lowest BCUT2D eigenvalue weighted by atomic mass is 9.95. The van der Waals surface area contributed by atoms with Gasteiger partial charge < -0.3 is 10.6 Å². The lowest BCUT2D eigenvalue weighted by Crippen LogP contribution is -2.48. The highest BCUT2D eigenvalue weighted by Crippen LogP contribution is 2.16. The van der Waals surface area contributed by atoms with Gasteiger partial charge in [-0.3, -0.25) is 4.79 Å². The van der Waals surface area contributed by atoms with Crippen LogP contribution in [0, 0.1) is 16.4 Å². The lowest BCUT2D eigenvalue weighted by molar-refractivity contribution is 0.0913. The van der Waals surface area contributed by atoms with Crippen LogP contribution in [0.5, 0.6) is 0 Å². The first-order valence-electron chi connectivity index (χ1n) is 6.35. The van der Waals surface area contributed by atoms with Crippen LogP contribution in [0.3, 0.4) is 0 Å². The number of carbonyl (C=O) groups is 1. The number of rotatable bonds is 2. The van der Waals surface area contributed by atoms with E-state index in [9.17, 15) is 4.79 Å². The average molecular weight is 395 g/mol. The van der Waals surface area contributed by atoms with Gasteiger partial charge in [-0.05, 0) is 67.1 Å². The third-order valence-corrected chi connectivity index (χ3v) is 4.41. The summed E-state index contributed by atoms with van der Waals surface area (Å²) in [7, 11) is 0. The molecular weight excluding hydrogens is 375 g/mol. The number of nitrogens with one attached hydrogen (secondary N) is 2. The Morgan fingerprint density at radius 3 is 2.89 bits per heavy atom. The van der Waals surface area contributed by atoms with Crippen molar-refractivity contribution in [3.8, 4) is 0 Å². The maximum Gasteiger partial charge on any atom is 0.252 e. The quantitative estimate of drug-likeness (QED) is 0.757. The molecule has 2 unspecified atom stereocenters. The third kappa shape index (κ3) is 4.33. The van der Waals surface area contributed by atoms with Crippen LogP contribution in [0.1, 0.15) is 29.3 Å². The van der Waals surface area contributed by atoms with Gasteiger partial charge in [-0.15, -0.1) is 12.4 Å². The van der Waals surface area contributed by atoms with Crippen molar-refractivity contribution < 1.29 is 4.79 Å². The first-order chi connectivity index (χ1) is 8.58. The number of carbonyl (C=O) groups excluding carboxylic acids is 1. The van der Waals surface area contributed by atoms with Gasteiger partial charge in [0.15, 0.2) is 0 Å². The zero-order chi connectivity index (χ0) is 13.1. The molecule has 1 amide bonds. The Kier molecular flexibility index (Phi) is 6.56. The fourth-order valence-electron chi connectivity index (χ4n) is 2.29. The van der Waals surface area contributed by atoms with Crippen molar-refractivity contribution in [2.45, 2.75) is 26.3 Å². The summed E-state index contributed by atoms with van der Waals surface area (Å²) in [6.45, 7) is 6.16. The summed E-state index contributed by atoms with van der Waals surface area (Å²) in [6.07, 6.45) is 1.01. The normalized spacial score (nSPS) is 22.5. The van der Waals surface area contributed by atoms with E-state index in [2.05, 4.69) is 40.1 Å². The number of amides is 1. The molecule has 2 atom stereocenters. The van der Waals surface area contributed by atoms with Crippen LogP contribution >= 0.6 is 35.0 Å². The van der Waals surface area contributed by atoms with E-state index in [-0.39, 0.29) is 24.4 Å². The van der Waals surface area contributed by atoms with E-state index in [1.165, 1.54) is 0 Å². The van der Waals surface area contributed by atoms with Crippen LogP contribution in [-0.4, -0.2) is 25.0 Å². The van der Waals surface area contributed by atoms with Gasteiger partial charge >= 0.3 is 0 Å². The first kappa shape index (κ1) is 16.7. The maximum atomic E-state index is 12.3. The molecule has 0 bridgehead atoms. The van der Waals surface area contributed by atoms with Gasteiger partial charge in [-0.2, -0.15) is 0 Å². The van der Waals surface area contributed by atoms with Crippen molar-refractivity contribution in [3.05, 3.63) is 32.9 Å². The molecule has 0 aliphatic carbocycles. The van der Waals surface area contributed by atoms with Crippen LogP contribution in [-0.2, 0) is 0 Å². The Hall–Kier alpha value is -0.330. The molecule has 5 heteroatoms. The highest BCUT2D eigenvalue weighted by molar-refractivity contribution is 14.1. The van der Waals surface area contributed by atoms with Crippen molar-refractivity contribution in [1.29, 1.82) is 0 Å². The van der Waals surface area contributed by atoms with Gasteiger partial charge in [-0.1, -0.05) is 18.6 Å². The Bertz CT molecular complexity index is 453. The predicted octanol–water partition coefficient (Wildman–Crippen LogP) is 2.75. The van der Waals surface area contributed by atoms with Gasteiger partial charge in [-0.25, -0.2) is 0 Å². The Morgan fingerprint density at radius 1 is 1.47 bits per heavy atom.